The van der Waals surface area contributed by atoms with E-state index in [9.17, 15) is 13.6 Å². The molecule has 9 heteroatoms. The molecule has 3 rings (SSSR count). The minimum atomic E-state index is -2.93. The Bertz CT molecular complexity index is 887. The van der Waals surface area contributed by atoms with Crippen LogP contribution in [0.3, 0.4) is 0 Å². The highest BCUT2D eigenvalue weighted by molar-refractivity contribution is 8.14. The van der Waals surface area contributed by atoms with Gasteiger partial charge in [0.1, 0.15) is 17.2 Å². The smallest absolute Gasteiger partial charge is 0.387 e. The number of aliphatic imine (C=N–C) groups is 1. The van der Waals surface area contributed by atoms with Crippen LogP contribution >= 0.6 is 11.8 Å². The molecule has 0 N–H and O–H groups in total. The topological polar surface area (TPSA) is 78.8 Å². The second kappa shape index (κ2) is 7.84. The predicted molar refractivity (Wildman–Crippen MR) is 92.8 cm³/mol. The average Bonchev–Trinajstić information content (AvgIpc) is 3.22. The van der Waals surface area contributed by atoms with E-state index in [2.05, 4.69) is 9.73 Å². The Kier molecular flexibility index (Phi) is 5.34. The minimum absolute atomic E-state index is 0.0232. The van der Waals surface area contributed by atoms with Crippen LogP contribution in [0.25, 0.3) is 6.08 Å². The van der Waals surface area contributed by atoms with Crippen molar-refractivity contribution in [1.82, 2.24) is 0 Å². The van der Waals surface area contributed by atoms with Gasteiger partial charge in [-0.3, -0.25) is 9.69 Å². The first kappa shape index (κ1) is 17.7. The Hall–Kier alpha value is -3.12. The zero-order valence-corrected chi connectivity index (χ0v) is 14.0. The fraction of sp³-hybridized carbons (Fsp3) is 0.118. The number of amides is 1. The Morgan fingerprint density at radius 1 is 1.35 bits per heavy atom. The molecular weight excluding hydrogens is 364 g/mol. The van der Waals surface area contributed by atoms with Gasteiger partial charge in [0.05, 0.1) is 23.8 Å². The molecule has 0 unspecified atom stereocenters. The molecule has 0 spiro atoms. The first-order chi connectivity index (χ1) is 12.6. The van der Waals surface area contributed by atoms with E-state index < -0.39 is 12.5 Å². The van der Waals surface area contributed by atoms with Crippen LogP contribution in [0.1, 0.15) is 5.76 Å². The second-order valence-corrected chi connectivity index (χ2v) is 5.84. The molecule has 0 atom stereocenters. The van der Waals surface area contributed by atoms with Crippen LogP contribution in [0.4, 0.5) is 14.5 Å². The molecule has 132 valence electrons. The highest BCUT2D eigenvalue weighted by Gasteiger charge is 2.32. The van der Waals surface area contributed by atoms with Crippen molar-refractivity contribution in [2.24, 2.45) is 4.99 Å². The lowest BCUT2D eigenvalue weighted by Crippen LogP contribution is -2.30. The summed E-state index contributed by atoms with van der Waals surface area (Å²) in [5.41, 5.74) is 0.567. The summed E-state index contributed by atoms with van der Waals surface area (Å²) in [6, 6.07) is 10.9. The highest BCUT2D eigenvalue weighted by Crippen LogP contribution is 2.30. The van der Waals surface area contributed by atoms with Crippen molar-refractivity contribution in [3.05, 3.63) is 54.1 Å². The Labute approximate surface area is 151 Å². The van der Waals surface area contributed by atoms with E-state index in [4.69, 9.17) is 9.68 Å². The van der Waals surface area contributed by atoms with Crippen LogP contribution < -0.4 is 9.64 Å². The zero-order valence-electron chi connectivity index (χ0n) is 13.1. The molecular formula is C17H11F2N3O3S. The molecule has 2 aromatic rings. The second-order valence-electron chi connectivity index (χ2n) is 4.90. The van der Waals surface area contributed by atoms with Crippen LogP contribution in [-0.4, -0.2) is 23.4 Å². The van der Waals surface area contributed by atoms with Gasteiger partial charge in [-0.15, -0.1) is 0 Å². The molecule has 1 aromatic heterocycles. The van der Waals surface area contributed by atoms with Gasteiger partial charge in [-0.1, -0.05) is 11.8 Å². The first-order valence-corrected chi connectivity index (χ1v) is 8.30. The number of halogens is 2. The number of carbonyl (C=O) groups is 1. The van der Waals surface area contributed by atoms with E-state index in [1.807, 2.05) is 6.07 Å². The molecule has 0 fully saturated rings. The first-order valence-electron chi connectivity index (χ1n) is 7.31. The summed E-state index contributed by atoms with van der Waals surface area (Å²) >= 11 is 1.09. The van der Waals surface area contributed by atoms with Crippen molar-refractivity contribution in [2.45, 2.75) is 6.61 Å². The molecule has 26 heavy (non-hydrogen) atoms. The molecule has 1 aliphatic rings. The number of ether oxygens (including phenoxy) is 1. The number of hydrogen-bond donors (Lipinski definition) is 0. The maximum atomic E-state index is 12.7. The quantitative estimate of drug-likeness (QED) is 0.741. The third kappa shape index (κ3) is 3.92. The number of thioether (sulfide) groups is 1. The molecule has 1 aliphatic heterocycles. The van der Waals surface area contributed by atoms with Crippen LogP contribution in [0.5, 0.6) is 5.75 Å². The van der Waals surface area contributed by atoms with E-state index >= 15 is 0 Å². The van der Waals surface area contributed by atoms with Gasteiger partial charge in [0.25, 0.3) is 5.91 Å². The molecule has 1 amide bonds. The van der Waals surface area contributed by atoms with Crippen molar-refractivity contribution in [1.29, 1.82) is 5.26 Å². The van der Waals surface area contributed by atoms with Gasteiger partial charge in [-0.05, 0) is 36.4 Å². The summed E-state index contributed by atoms with van der Waals surface area (Å²) < 4.78 is 34.0. The van der Waals surface area contributed by atoms with Gasteiger partial charge in [-0.25, -0.2) is 4.99 Å². The van der Waals surface area contributed by atoms with Gasteiger partial charge in [0.2, 0.25) is 0 Å². The van der Waals surface area contributed by atoms with E-state index in [1.54, 1.807) is 12.1 Å². The molecule has 6 nitrogen and oxygen atoms in total. The number of nitriles is 1. The number of amidine groups is 1. The lowest BCUT2D eigenvalue weighted by Gasteiger charge is -2.17. The van der Waals surface area contributed by atoms with Gasteiger partial charge >= 0.3 is 6.61 Å². The number of nitrogens with zero attached hydrogens (tertiary/aromatic N) is 3. The summed E-state index contributed by atoms with van der Waals surface area (Å²) in [5, 5.41) is 9.11. The number of anilines is 1. The van der Waals surface area contributed by atoms with E-state index in [-0.39, 0.29) is 17.2 Å². The molecule has 0 saturated carbocycles. The normalized spacial score (nSPS) is 15.5. The third-order valence-electron chi connectivity index (χ3n) is 3.24. The summed E-state index contributed by atoms with van der Waals surface area (Å²) in [4.78, 5) is 18.3. The Balaban J connectivity index is 1.90. The molecule has 0 saturated heterocycles. The van der Waals surface area contributed by atoms with Gasteiger partial charge in [0.15, 0.2) is 5.17 Å². The monoisotopic (exact) mass is 375 g/mol. The maximum absolute atomic E-state index is 12.7. The van der Waals surface area contributed by atoms with Gasteiger partial charge in [0, 0.05) is 6.08 Å². The van der Waals surface area contributed by atoms with Gasteiger partial charge < -0.3 is 9.15 Å². The Morgan fingerprint density at radius 3 is 2.73 bits per heavy atom. The standard InChI is InChI=1S/C17H11F2N3O3S/c18-16(19)25-12-5-3-11(4-6-12)22-15(23)14(10-13-2-1-8-24-13)21-17(22)26-9-7-20/h1-6,8,10,16H,9H2/b14-10+. The van der Waals surface area contributed by atoms with Crippen LogP contribution in [0.15, 0.2) is 57.8 Å². The zero-order chi connectivity index (χ0) is 18.5. The van der Waals surface area contributed by atoms with Crippen LogP contribution in [-0.2, 0) is 4.79 Å². The summed E-state index contributed by atoms with van der Waals surface area (Å²) in [6.07, 6.45) is 2.96. The van der Waals surface area contributed by atoms with Gasteiger partial charge in [-0.2, -0.15) is 14.0 Å². The molecule has 2 heterocycles. The highest BCUT2D eigenvalue weighted by atomic mass is 32.2. The summed E-state index contributed by atoms with van der Waals surface area (Å²) in [6.45, 7) is -2.93. The predicted octanol–water partition coefficient (Wildman–Crippen LogP) is 3.88. The van der Waals surface area contributed by atoms with Crippen LogP contribution in [0.2, 0.25) is 0 Å². The SMILES string of the molecule is N#CCSC1=N/C(=C/c2ccco2)C(=O)N1c1ccc(OC(F)F)cc1. The fourth-order valence-electron chi connectivity index (χ4n) is 2.20. The summed E-state index contributed by atoms with van der Waals surface area (Å²) in [5.74, 6) is 0.127. The lowest BCUT2D eigenvalue weighted by molar-refractivity contribution is -0.113. The van der Waals surface area contributed by atoms with Crippen molar-refractivity contribution in [3.63, 3.8) is 0 Å². The van der Waals surface area contributed by atoms with Crippen LogP contribution in [0, 0.1) is 11.3 Å². The van der Waals surface area contributed by atoms with Crippen molar-refractivity contribution in [3.8, 4) is 11.8 Å². The average molecular weight is 375 g/mol. The number of alkyl halides is 2. The largest absolute Gasteiger partial charge is 0.465 e. The van der Waals surface area contributed by atoms with E-state index in [0.29, 0.717) is 16.6 Å². The molecule has 0 aliphatic carbocycles. The maximum Gasteiger partial charge on any atom is 0.387 e. The fourth-order valence-corrected chi connectivity index (χ4v) is 2.88. The van der Waals surface area contributed by atoms with E-state index in [0.717, 1.165) is 11.8 Å². The number of rotatable bonds is 5. The molecule has 1 aromatic carbocycles. The van der Waals surface area contributed by atoms with Crippen molar-refractivity contribution in [2.75, 3.05) is 10.7 Å². The summed E-state index contributed by atoms with van der Waals surface area (Å²) in [7, 11) is 0. The minimum Gasteiger partial charge on any atom is -0.465 e. The number of carbonyl (C=O) groups excluding carboxylic acids is 1. The number of benzene rings is 1. The third-order valence-corrected chi connectivity index (χ3v) is 4.04. The van der Waals surface area contributed by atoms with Crippen molar-refractivity contribution < 1.29 is 22.7 Å². The lowest BCUT2D eigenvalue weighted by atomic mass is 10.2. The molecule has 0 radical (unpaired) electrons. The molecule has 0 bridgehead atoms. The number of furan rings is 1. The van der Waals surface area contributed by atoms with E-state index in [1.165, 1.54) is 41.5 Å². The van der Waals surface area contributed by atoms with Crippen molar-refractivity contribution >= 4 is 34.6 Å². The number of hydrogen-bond acceptors (Lipinski definition) is 6. The Morgan fingerprint density at radius 2 is 2.12 bits per heavy atom.